The molecule has 0 bridgehead atoms. The number of benzene rings is 2. The lowest BCUT2D eigenvalue weighted by Crippen LogP contribution is -2.01. The van der Waals surface area contributed by atoms with Crippen molar-refractivity contribution in [1.29, 1.82) is 0 Å². The van der Waals surface area contributed by atoms with Gasteiger partial charge in [0, 0.05) is 10.5 Å². The first-order chi connectivity index (χ1) is 10.7. The van der Waals surface area contributed by atoms with Gasteiger partial charge in [0.25, 0.3) is 0 Å². The monoisotopic (exact) mass is 358 g/mol. The highest BCUT2D eigenvalue weighted by Crippen LogP contribution is 2.21. The second kappa shape index (κ2) is 8.54. The van der Waals surface area contributed by atoms with Crippen LogP contribution >= 0.6 is 15.9 Å². The molecular formula is C19H19BrO2. The van der Waals surface area contributed by atoms with Crippen LogP contribution in [0.25, 0.3) is 5.57 Å². The summed E-state index contributed by atoms with van der Waals surface area (Å²) in [5.41, 5.74) is 3.31. The predicted molar refractivity (Wildman–Crippen MR) is 93.5 cm³/mol. The van der Waals surface area contributed by atoms with Crippen LogP contribution in [0.3, 0.4) is 0 Å². The Morgan fingerprint density at radius 3 is 2.41 bits per heavy atom. The summed E-state index contributed by atoms with van der Waals surface area (Å²) >= 11 is 3.44. The third-order valence-corrected chi connectivity index (χ3v) is 3.85. The third kappa shape index (κ3) is 5.15. The van der Waals surface area contributed by atoms with Crippen molar-refractivity contribution in [2.45, 2.75) is 19.8 Å². The van der Waals surface area contributed by atoms with Crippen molar-refractivity contribution in [3.05, 3.63) is 76.3 Å². The SMILES string of the molecule is CCOC(=O)/C=C(\CCc1ccc(Br)cc1)c1ccccc1. The van der Waals surface area contributed by atoms with E-state index in [9.17, 15) is 4.79 Å². The average molecular weight is 359 g/mol. The molecular weight excluding hydrogens is 340 g/mol. The smallest absolute Gasteiger partial charge is 0.331 e. The van der Waals surface area contributed by atoms with Crippen molar-refractivity contribution in [2.24, 2.45) is 0 Å². The van der Waals surface area contributed by atoms with E-state index in [4.69, 9.17) is 4.74 Å². The molecule has 0 heterocycles. The minimum atomic E-state index is -0.280. The van der Waals surface area contributed by atoms with E-state index in [0.717, 1.165) is 28.5 Å². The van der Waals surface area contributed by atoms with Gasteiger partial charge in [-0.05, 0) is 48.6 Å². The molecule has 0 spiro atoms. The Kier molecular flexibility index (Phi) is 6.41. The van der Waals surface area contributed by atoms with Crippen LogP contribution < -0.4 is 0 Å². The molecule has 0 radical (unpaired) electrons. The van der Waals surface area contributed by atoms with E-state index in [1.165, 1.54) is 5.56 Å². The predicted octanol–water partition coefficient (Wildman–Crippen LogP) is 5.03. The van der Waals surface area contributed by atoms with Gasteiger partial charge < -0.3 is 4.74 Å². The molecule has 0 unspecified atom stereocenters. The Morgan fingerprint density at radius 1 is 1.09 bits per heavy atom. The number of carbonyl (C=O) groups excluding carboxylic acids is 1. The standard InChI is InChI=1S/C19H19BrO2/c1-2-22-19(21)14-17(16-6-4-3-5-7-16)11-8-15-9-12-18(20)13-10-15/h3-7,9-10,12-14H,2,8,11H2,1H3/b17-14+. The molecule has 0 atom stereocenters. The first kappa shape index (κ1) is 16.5. The van der Waals surface area contributed by atoms with Crippen molar-refractivity contribution < 1.29 is 9.53 Å². The second-order valence-electron chi connectivity index (χ2n) is 4.91. The van der Waals surface area contributed by atoms with Crippen LogP contribution in [0.4, 0.5) is 0 Å². The van der Waals surface area contributed by atoms with Crippen LogP contribution in [0.5, 0.6) is 0 Å². The molecule has 0 fully saturated rings. The van der Waals surface area contributed by atoms with Gasteiger partial charge in [0.2, 0.25) is 0 Å². The molecule has 3 heteroatoms. The van der Waals surface area contributed by atoms with E-state index >= 15 is 0 Å². The van der Waals surface area contributed by atoms with Gasteiger partial charge in [0.15, 0.2) is 0 Å². The summed E-state index contributed by atoms with van der Waals surface area (Å²) in [6.07, 6.45) is 3.29. The fraction of sp³-hybridized carbons (Fsp3) is 0.211. The highest BCUT2D eigenvalue weighted by molar-refractivity contribution is 9.10. The van der Waals surface area contributed by atoms with Crippen molar-refractivity contribution in [3.63, 3.8) is 0 Å². The van der Waals surface area contributed by atoms with Gasteiger partial charge in [0.1, 0.15) is 0 Å². The summed E-state index contributed by atoms with van der Waals surface area (Å²) in [6, 6.07) is 18.2. The number of ether oxygens (including phenoxy) is 1. The fourth-order valence-corrected chi connectivity index (χ4v) is 2.47. The highest BCUT2D eigenvalue weighted by atomic mass is 79.9. The van der Waals surface area contributed by atoms with Crippen LogP contribution in [-0.4, -0.2) is 12.6 Å². The Bertz CT molecular complexity index is 630. The number of rotatable bonds is 6. The Morgan fingerprint density at radius 2 is 1.77 bits per heavy atom. The quantitative estimate of drug-likeness (QED) is 0.534. The molecule has 2 aromatic carbocycles. The molecule has 0 aromatic heterocycles. The Hall–Kier alpha value is -1.87. The highest BCUT2D eigenvalue weighted by Gasteiger charge is 2.06. The lowest BCUT2D eigenvalue weighted by molar-refractivity contribution is -0.137. The summed E-state index contributed by atoms with van der Waals surface area (Å²) in [5, 5.41) is 0. The summed E-state index contributed by atoms with van der Waals surface area (Å²) in [6.45, 7) is 2.21. The summed E-state index contributed by atoms with van der Waals surface area (Å²) in [4.78, 5) is 11.8. The molecule has 2 rings (SSSR count). The van der Waals surface area contributed by atoms with Gasteiger partial charge in [-0.25, -0.2) is 4.79 Å². The van der Waals surface area contributed by atoms with Gasteiger partial charge in [0.05, 0.1) is 6.61 Å². The van der Waals surface area contributed by atoms with Gasteiger partial charge in [-0.3, -0.25) is 0 Å². The molecule has 0 amide bonds. The van der Waals surface area contributed by atoms with E-state index in [0.29, 0.717) is 6.61 Å². The number of esters is 1. The van der Waals surface area contributed by atoms with Crippen LogP contribution in [0.15, 0.2) is 65.1 Å². The van der Waals surface area contributed by atoms with Crippen molar-refractivity contribution in [3.8, 4) is 0 Å². The molecule has 114 valence electrons. The molecule has 22 heavy (non-hydrogen) atoms. The minimum absolute atomic E-state index is 0.280. The second-order valence-corrected chi connectivity index (χ2v) is 5.83. The van der Waals surface area contributed by atoms with Gasteiger partial charge >= 0.3 is 5.97 Å². The lowest BCUT2D eigenvalue weighted by atomic mass is 9.98. The Balaban J connectivity index is 2.14. The molecule has 0 aliphatic rings. The van der Waals surface area contributed by atoms with Crippen molar-refractivity contribution in [2.75, 3.05) is 6.61 Å². The number of carbonyl (C=O) groups is 1. The summed E-state index contributed by atoms with van der Waals surface area (Å²) < 4.78 is 6.11. The largest absolute Gasteiger partial charge is 0.463 e. The number of allylic oxidation sites excluding steroid dienone is 1. The minimum Gasteiger partial charge on any atom is -0.463 e. The van der Waals surface area contributed by atoms with Crippen molar-refractivity contribution in [1.82, 2.24) is 0 Å². The summed E-state index contributed by atoms with van der Waals surface area (Å²) in [7, 11) is 0. The van der Waals surface area contributed by atoms with Crippen molar-refractivity contribution >= 4 is 27.5 Å². The molecule has 2 nitrogen and oxygen atoms in total. The fourth-order valence-electron chi connectivity index (χ4n) is 2.21. The van der Waals surface area contributed by atoms with Gasteiger partial charge in [-0.1, -0.05) is 58.4 Å². The maximum Gasteiger partial charge on any atom is 0.331 e. The molecule has 0 saturated heterocycles. The van der Waals surface area contributed by atoms with E-state index in [1.54, 1.807) is 6.08 Å². The first-order valence-corrected chi connectivity index (χ1v) is 8.15. The Labute approximate surface area is 139 Å². The lowest BCUT2D eigenvalue weighted by Gasteiger charge is -2.08. The maximum absolute atomic E-state index is 11.8. The summed E-state index contributed by atoms with van der Waals surface area (Å²) in [5.74, 6) is -0.280. The average Bonchev–Trinajstić information content (AvgIpc) is 2.54. The van der Waals surface area contributed by atoms with Crippen LogP contribution in [0, 0.1) is 0 Å². The number of hydrogen-bond acceptors (Lipinski definition) is 2. The van der Waals surface area contributed by atoms with Crippen LogP contribution in [0.2, 0.25) is 0 Å². The molecule has 0 saturated carbocycles. The number of hydrogen-bond donors (Lipinski definition) is 0. The maximum atomic E-state index is 11.8. The van der Waals surface area contributed by atoms with Crippen LogP contribution in [-0.2, 0) is 16.0 Å². The topological polar surface area (TPSA) is 26.3 Å². The van der Waals surface area contributed by atoms with Gasteiger partial charge in [-0.2, -0.15) is 0 Å². The molecule has 0 aliphatic carbocycles. The van der Waals surface area contributed by atoms with Gasteiger partial charge in [-0.15, -0.1) is 0 Å². The van der Waals surface area contributed by atoms with E-state index in [-0.39, 0.29) is 5.97 Å². The van der Waals surface area contributed by atoms with Crippen LogP contribution in [0.1, 0.15) is 24.5 Å². The molecule has 2 aromatic rings. The number of aryl methyl sites for hydroxylation is 1. The van der Waals surface area contributed by atoms with E-state index < -0.39 is 0 Å². The molecule has 0 aliphatic heterocycles. The normalized spacial score (nSPS) is 11.3. The zero-order chi connectivity index (χ0) is 15.8. The third-order valence-electron chi connectivity index (χ3n) is 3.32. The molecule has 0 N–H and O–H groups in total. The number of halogens is 1. The first-order valence-electron chi connectivity index (χ1n) is 7.36. The zero-order valence-electron chi connectivity index (χ0n) is 12.6. The van der Waals surface area contributed by atoms with E-state index in [2.05, 4.69) is 28.1 Å². The zero-order valence-corrected chi connectivity index (χ0v) is 14.2. The van der Waals surface area contributed by atoms with E-state index in [1.807, 2.05) is 49.4 Å².